The molecule has 1 aromatic carbocycles. The highest BCUT2D eigenvalue weighted by molar-refractivity contribution is 6.01. The number of amides is 1. The largest absolute Gasteiger partial charge is 0.450 e. The summed E-state index contributed by atoms with van der Waals surface area (Å²) in [6.07, 6.45) is -0.260. The molecule has 3 heterocycles. The summed E-state index contributed by atoms with van der Waals surface area (Å²) < 4.78 is 10.7. The minimum absolute atomic E-state index is 0.259. The number of para-hydroxylation sites is 1. The van der Waals surface area contributed by atoms with Crippen LogP contribution in [0, 0.1) is 0 Å². The molecule has 1 saturated heterocycles. The molecular formula is C18H21N4O4+. The first-order valence-electron chi connectivity index (χ1n) is 8.81. The van der Waals surface area contributed by atoms with Gasteiger partial charge in [-0.25, -0.2) is 9.78 Å². The Bertz CT molecular complexity index is 1000. The number of H-pyrrole nitrogens is 1. The number of nitrogens with one attached hydrogen (secondary N) is 2. The number of fused-ring (bicyclic) bond motifs is 3. The Labute approximate surface area is 149 Å². The summed E-state index contributed by atoms with van der Waals surface area (Å²) in [5, 5.41) is 0.844. The van der Waals surface area contributed by atoms with Crippen molar-refractivity contribution in [2.75, 3.05) is 32.8 Å². The van der Waals surface area contributed by atoms with Crippen LogP contribution < -0.4 is 10.5 Å². The van der Waals surface area contributed by atoms with Crippen LogP contribution in [0.3, 0.4) is 0 Å². The average molecular weight is 357 g/mol. The fraction of sp³-hybridized carbons (Fsp3) is 0.389. The molecule has 1 aliphatic heterocycles. The Kier molecular flexibility index (Phi) is 4.34. The van der Waals surface area contributed by atoms with Crippen molar-refractivity contribution in [3.05, 3.63) is 40.4 Å². The lowest BCUT2D eigenvalue weighted by atomic mass is 10.2. The highest BCUT2D eigenvalue weighted by Crippen LogP contribution is 2.24. The number of benzene rings is 1. The first-order chi connectivity index (χ1) is 12.7. The van der Waals surface area contributed by atoms with E-state index in [1.54, 1.807) is 11.8 Å². The number of quaternary nitrogens is 1. The molecule has 1 aliphatic rings. The summed E-state index contributed by atoms with van der Waals surface area (Å²) in [6.45, 7) is 5.62. The third-order valence-electron chi connectivity index (χ3n) is 4.69. The van der Waals surface area contributed by atoms with Gasteiger partial charge in [0.05, 0.1) is 32.8 Å². The lowest BCUT2D eigenvalue weighted by Gasteiger charge is -2.31. The molecule has 8 heteroatoms. The molecule has 0 atom stereocenters. The molecule has 0 unspecified atom stereocenters. The lowest BCUT2D eigenvalue weighted by molar-refractivity contribution is -0.918. The summed E-state index contributed by atoms with van der Waals surface area (Å²) >= 11 is 0. The van der Waals surface area contributed by atoms with Crippen molar-refractivity contribution in [3.63, 3.8) is 0 Å². The highest BCUT2D eigenvalue weighted by atomic mass is 16.6. The van der Waals surface area contributed by atoms with Crippen molar-refractivity contribution in [1.82, 2.24) is 14.9 Å². The van der Waals surface area contributed by atoms with Crippen LogP contribution in [-0.4, -0.2) is 53.7 Å². The summed E-state index contributed by atoms with van der Waals surface area (Å²) in [5.41, 5.74) is 1.26. The van der Waals surface area contributed by atoms with Gasteiger partial charge in [0.15, 0.2) is 5.82 Å². The lowest BCUT2D eigenvalue weighted by Crippen LogP contribution is -3.13. The molecule has 0 aliphatic carbocycles. The zero-order valence-corrected chi connectivity index (χ0v) is 14.6. The predicted molar refractivity (Wildman–Crippen MR) is 95.1 cm³/mol. The molecule has 4 rings (SSSR count). The number of rotatable bonds is 3. The smallest absolute Gasteiger partial charge is 0.410 e. The predicted octanol–water partition coefficient (Wildman–Crippen LogP) is 0.526. The van der Waals surface area contributed by atoms with Crippen LogP contribution in [0.25, 0.3) is 22.1 Å². The van der Waals surface area contributed by atoms with Crippen molar-refractivity contribution < 1.29 is 18.8 Å². The van der Waals surface area contributed by atoms with Crippen molar-refractivity contribution in [2.24, 2.45) is 0 Å². The molecular weight excluding hydrogens is 336 g/mol. The van der Waals surface area contributed by atoms with E-state index < -0.39 is 0 Å². The number of aromatic amines is 1. The number of carbonyl (C=O) groups is 1. The van der Waals surface area contributed by atoms with Crippen LogP contribution in [0.15, 0.2) is 33.5 Å². The molecule has 1 amide bonds. The first-order valence-corrected chi connectivity index (χ1v) is 8.81. The Hall–Kier alpha value is -2.87. The van der Waals surface area contributed by atoms with Crippen LogP contribution in [-0.2, 0) is 11.3 Å². The highest BCUT2D eigenvalue weighted by Gasteiger charge is 2.25. The zero-order valence-electron chi connectivity index (χ0n) is 14.6. The van der Waals surface area contributed by atoms with E-state index in [-0.39, 0.29) is 17.2 Å². The van der Waals surface area contributed by atoms with E-state index in [0.29, 0.717) is 43.2 Å². The monoisotopic (exact) mass is 357 g/mol. The minimum atomic E-state index is -0.260. The maximum atomic E-state index is 12.4. The van der Waals surface area contributed by atoms with E-state index in [9.17, 15) is 9.59 Å². The third kappa shape index (κ3) is 3.03. The standard InChI is InChI=1S/C18H20N4O4/c1-2-25-18(24)22-9-7-21(8-10-22)11-14-19-15-12-5-3-4-6-13(12)26-16(15)17(23)20-14/h3-6H,2,7-11H2,1H3,(H,19,20,23)/p+1. The number of furan rings is 1. The Morgan fingerprint density at radius 2 is 2.12 bits per heavy atom. The minimum Gasteiger partial charge on any atom is -0.450 e. The number of hydrogen-bond acceptors (Lipinski definition) is 5. The quantitative estimate of drug-likeness (QED) is 0.713. The second kappa shape index (κ2) is 6.80. The van der Waals surface area contributed by atoms with E-state index >= 15 is 0 Å². The molecule has 2 aromatic heterocycles. The molecule has 0 bridgehead atoms. The topological polar surface area (TPSA) is 92.9 Å². The maximum absolute atomic E-state index is 12.4. The molecule has 3 aromatic rings. The van der Waals surface area contributed by atoms with Crippen molar-refractivity contribution in [2.45, 2.75) is 13.5 Å². The molecule has 1 fully saturated rings. The van der Waals surface area contributed by atoms with Crippen molar-refractivity contribution in [1.29, 1.82) is 0 Å². The molecule has 26 heavy (non-hydrogen) atoms. The fourth-order valence-corrected chi connectivity index (χ4v) is 3.37. The summed E-state index contributed by atoms with van der Waals surface area (Å²) in [7, 11) is 0. The van der Waals surface area contributed by atoms with Crippen molar-refractivity contribution >= 4 is 28.2 Å². The van der Waals surface area contributed by atoms with Gasteiger partial charge in [-0.1, -0.05) is 12.1 Å². The Morgan fingerprint density at radius 1 is 1.35 bits per heavy atom. The van der Waals surface area contributed by atoms with E-state index in [0.717, 1.165) is 18.5 Å². The molecule has 0 saturated carbocycles. The summed E-state index contributed by atoms with van der Waals surface area (Å²) in [6, 6.07) is 7.50. The number of hydrogen-bond donors (Lipinski definition) is 2. The molecule has 0 spiro atoms. The molecule has 2 N–H and O–H groups in total. The average Bonchev–Trinajstić information content (AvgIpc) is 3.02. The van der Waals surface area contributed by atoms with Crippen LogP contribution >= 0.6 is 0 Å². The van der Waals surface area contributed by atoms with Crippen molar-refractivity contribution in [3.8, 4) is 0 Å². The second-order valence-corrected chi connectivity index (χ2v) is 6.40. The van der Waals surface area contributed by atoms with Gasteiger partial charge in [-0.2, -0.15) is 0 Å². The van der Waals surface area contributed by atoms with E-state index in [1.807, 2.05) is 24.3 Å². The van der Waals surface area contributed by atoms with Gasteiger partial charge in [0.2, 0.25) is 5.58 Å². The van der Waals surface area contributed by atoms with E-state index in [1.165, 1.54) is 4.90 Å². The van der Waals surface area contributed by atoms with Crippen LogP contribution in [0.2, 0.25) is 0 Å². The molecule has 136 valence electrons. The zero-order chi connectivity index (χ0) is 18.1. The number of ether oxygens (including phenoxy) is 1. The SMILES string of the molecule is CCOC(=O)N1CC[NH+](Cc2nc3c(oc4ccccc43)c(=O)[nH]2)CC1. The number of carbonyl (C=O) groups excluding carboxylic acids is 1. The van der Waals surface area contributed by atoms with E-state index in [2.05, 4.69) is 9.97 Å². The van der Waals surface area contributed by atoms with Gasteiger partial charge in [0.25, 0.3) is 5.56 Å². The maximum Gasteiger partial charge on any atom is 0.410 e. The van der Waals surface area contributed by atoms with Gasteiger partial charge in [-0.15, -0.1) is 0 Å². The molecule has 8 nitrogen and oxygen atoms in total. The Morgan fingerprint density at radius 3 is 2.88 bits per heavy atom. The van der Waals surface area contributed by atoms with Gasteiger partial charge >= 0.3 is 6.09 Å². The van der Waals surface area contributed by atoms with Crippen LogP contribution in [0.4, 0.5) is 4.79 Å². The number of aromatic nitrogens is 2. The first kappa shape index (κ1) is 16.6. The normalized spacial score (nSPS) is 15.7. The van der Waals surface area contributed by atoms with Crippen LogP contribution in [0.1, 0.15) is 12.7 Å². The Balaban J connectivity index is 1.52. The molecule has 0 radical (unpaired) electrons. The summed E-state index contributed by atoms with van der Waals surface area (Å²) in [4.78, 5) is 34.6. The van der Waals surface area contributed by atoms with Gasteiger partial charge in [0.1, 0.15) is 17.6 Å². The number of nitrogens with zero attached hydrogens (tertiary/aromatic N) is 2. The van der Waals surface area contributed by atoms with Gasteiger partial charge < -0.3 is 19.0 Å². The van der Waals surface area contributed by atoms with Gasteiger partial charge in [-0.3, -0.25) is 9.69 Å². The second-order valence-electron chi connectivity index (χ2n) is 6.40. The van der Waals surface area contributed by atoms with Gasteiger partial charge in [0, 0.05) is 5.39 Å². The summed E-state index contributed by atoms with van der Waals surface area (Å²) in [5.74, 6) is 0.633. The van der Waals surface area contributed by atoms with E-state index in [4.69, 9.17) is 9.15 Å². The fourth-order valence-electron chi connectivity index (χ4n) is 3.37. The number of piperazine rings is 1. The van der Waals surface area contributed by atoms with Crippen LogP contribution in [0.5, 0.6) is 0 Å². The van der Waals surface area contributed by atoms with Gasteiger partial charge in [-0.05, 0) is 19.1 Å². The third-order valence-corrected chi connectivity index (χ3v) is 4.69.